The molecule has 14 heavy (non-hydrogen) atoms. The lowest BCUT2D eigenvalue weighted by Gasteiger charge is -2.18. The molecule has 78 valence electrons. The van der Waals surface area contributed by atoms with Gasteiger partial charge in [-0.2, -0.15) is 0 Å². The highest BCUT2D eigenvalue weighted by atomic mass is 79.9. The molecule has 3 nitrogen and oxygen atoms in total. The van der Waals surface area contributed by atoms with Crippen molar-refractivity contribution in [1.82, 2.24) is 9.80 Å². The summed E-state index contributed by atoms with van der Waals surface area (Å²) < 4.78 is 0. The summed E-state index contributed by atoms with van der Waals surface area (Å²) in [6, 6.07) is 0. The number of hydrogen-bond acceptors (Lipinski definition) is 2. The molecule has 0 spiro atoms. The van der Waals surface area contributed by atoms with Crippen molar-refractivity contribution in [1.29, 1.82) is 0 Å². The smallest absolute Gasteiger partial charge is 0.299 e. The molecule has 0 aromatic heterocycles. The van der Waals surface area contributed by atoms with Gasteiger partial charge in [-0.3, -0.25) is 4.79 Å². The minimum absolute atomic E-state index is 0.0696. The summed E-state index contributed by atoms with van der Waals surface area (Å²) >= 11 is 2.94. The Labute approximate surface area is 93.6 Å². The van der Waals surface area contributed by atoms with Gasteiger partial charge in [0.15, 0.2) is 0 Å². The first kappa shape index (κ1) is 11.5. The van der Waals surface area contributed by atoms with Crippen molar-refractivity contribution in [3.05, 3.63) is 0 Å². The Bertz CT molecular complexity index is 257. The molecule has 0 atom stereocenters. The van der Waals surface area contributed by atoms with E-state index in [9.17, 15) is 4.79 Å². The molecule has 0 saturated carbocycles. The van der Waals surface area contributed by atoms with E-state index in [1.807, 2.05) is 4.90 Å². The van der Waals surface area contributed by atoms with Crippen LogP contribution in [0.25, 0.3) is 0 Å². The molecular formula is C10H15BrN2O. The van der Waals surface area contributed by atoms with Crippen LogP contribution >= 0.6 is 15.9 Å². The highest BCUT2D eigenvalue weighted by molar-refractivity contribution is 9.12. The van der Waals surface area contributed by atoms with Gasteiger partial charge >= 0.3 is 0 Å². The Kier molecular flexibility index (Phi) is 4.99. The first-order valence-corrected chi connectivity index (χ1v) is 5.70. The molecule has 1 amide bonds. The fourth-order valence-corrected chi connectivity index (χ4v) is 1.78. The summed E-state index contributed by atoms with van der Waals surface area (Å²) in [6.07, 6.45) is 1.05. The second-order valence-corrected chi connectivity index (χ2v) is 3.70. The lowest BCUT2D eigenvalue weighted by atomic mass is 10.4. The van der Waals surface area contributed by atoms with Crippen LogP contribution in [-0.2, 0) is 4.79 Å². The molecule has 0 bridgehead atoms. The minimum Gasteiger partial charge on any atom is -0.331 e. The minimum atomic E-state index is -0.0696. The molecule has 0 radical (unpaired) electrons. The maximum absolute atomic E-state index is 11.4. The van der Waals surface area contributed by atoms with Crippen LogP contribution in [-0.4, -0.2) is 48.4 Å². The van der Waals surface area contributed by atoms with E-state index >= 15 is 0 Å². The van der Waals surface area contributed by atoms with Gasteiger partial charge in [0.2, 0.25) is 0 Å². The maximum Gasteiger partial charge on any atom is 0.299 e. The van der Waals surface area contributed by atoms with Gasteiger partial charge in [0.05, 0.1) is 0 Å². The van der Waals surface area contributed by atoms with Gasteiger partial charge in [0, 0.05) is 41.5 Å². The predicted octanol–water partition coefficient (Wildman–Crippen LogP) is 0.896. The van der Waals surface area contributed by atoms with E-state index in [1.165, 1.54) is 0 Å². The van der Waals surface area contributed by atoms with E-state index in [1.54, 1.807) is 0 Å². The van der Waals surface area contributed by atoms with Crippen LogP contribution in [0, 0.1) is 10.8 Å². The molecule has 0 aliphatic carbocycles. The fourth-order valence-electron chi connectivity index (χ4n) is 1.61. The predicted molar refractivity (Wildman–Crippen MR) is 60.0 cm³/mol. The second-order valence-electron chi connectivity index (χ2n) is 3.30. The number of rotatable bonds is 1. The number of carbonyl (C=O) groups is 1. The summed E-state index contributed by atoms with van der Waals surface area (Å²) in [4.78, 5) is 18.1. The van der Waals surface area contributed by atoms with Crippen molar-refractivity contribution in [3.8, 4) is 10.8 Å². The zero-order valence-electron chi connectivity index (χ0n) is 8.42. The molecule has 0 N–H and O–H groups in total. The maximum atomic E-state index is 11.4. The molecule has 4 heteroatoms. The normalized spacial score (nSPS) is 18.3. The van der Waals surface area contributed by atoms with E-state index in [2.05, 4.69) is 38.5 Å². The van der Waals surface area contributed by atoms with Gasteiger partial charge in [-0.15, -0.1) is 0 Å². The van der Waals surface area contributed by atoms with Crippen molar-refractivity contribution < 1.29 is 4.79 Å². The molecule has 1 aliphatic rings. The van der Waals surface area contributed by atoms with Gasteiger partial charge < -0.3 is 9.80 Å². The fraction of sp³-hybridized carbons (Fsp3) is 0.700. The summed E-state index contributed by atoms with van der Waals surface area (Å²) in [6.45, 7) is 6.89. The van der Waals surface area contributed by atoms with Crippen molar-refractivity contribution in [2.45, 2.75) is 13.3 Å². The zero-order valence-corrected chi connectivity index (χ0v) is 10.0. The van der Waals surface area contributed by atoms with Gasteiger partial charge in [-0.25, -0.2) is 0 Å². The third kappa shape index (κ3) is 3.32. The summed E-state index contributed by atoms with van der Waals surface area (Å²) in [5.41, 5.74) is 0. The highest BCUT2D eigenvalue weighted by Gasteiger charge is 2.16. The van der Waals surface area contributed by atoms with Crippen LogP contribution in [0.4, 0.5) is 0 Å². The average Bonchev–Trinajstić information content (AvgIpc) is 2.42. The molecule has 1 rings (SSSR count). The van der Waals surface area contributed by atoms with Crippen molar-refractivity contribution in [3.63, 3.8) is 0 Å². The number of likely N-dealkylation sites (N-methyl/N-ethyl adjacent to an activating group) is 1. The van der Waals surface area contributed by atoms with E-state index in [0.29, 0.717) is 0 Å². The van der Waals surface area contributed by atoms with Gasteiger partial charge in [-0.1, -0.05) is 6.92 Å². The van der Waals surface area contributed by atoms with Crippen LogP contribution in [0.2, 0.25) is 0 Å². The van der Waals surface area contributed by atoms with Crippen molar-refractivity contribution >= 4 is 21.8 Å². The Hall–Kier alpha value is -0.530. The molecule has 0 aromatic carbocycles. The van der Waals surface area contributed by atoms with E-state index in [0.717, 1.165) is 39.1 Å². The SMILES string of the molecule is CCN1CCCN(C(=O)C#CBr)CC1. The quantitative estimate of drug-likeness (QED) is 0.653. The van der Waals surface area contributed by atoms with Crippen LogP contribution in [0.3, 0.4) is 0 Å². The third-order valence-electron chi connectivity index (χ3n) is 2.48. The lowest BCUT2D eigenvalue weighted by Crippen LogP contribution is -2.34. The standard InChI is InChI=1S/C10H15BrN2O/c1-2-12-6-3-7-13(9-8-12)10(14)4-5-11/h2-3,6-9H2,1H3. The molecule has 0 unspecified atom stereocenters. The zero-order chi connectivity index (χ0) is 10.4. The van der Waals surface area contributed by atoms with E-state index in [-0.39, 0.29) is 5.91 Å². The highest BCUT2D eigenvalue weighted by Crippen LogP contribution is 2.02. The molecule has 1 aliphatic heterocycles. The second kappa shape index (κ2) is 6.05. The summed E-state index contributed by atoms with van der Waals surface area (Å²) in [5.74, 6) is 2.44. The third-order valence-corrected chi connectivity index (χ3v) is 2.68. The molecule has 1 fully saturated rings. The summed E-state index contributed by atoms with van der Waals surface area (Å²) in [7, 11) is 0. The Balaban J connectivity index is 2.48. The number of amides is 1. The van der Waals surface area contributed by atoms with Crippen molar-refractivity contribution in [2.75, 3.05) is 32.7 Å². The van der Waals surface area contributed by atoms with Gasteiger partial charge in [-0.05, 0) is 24.3 Å². The lowest BCUT2D eigenvalue weighted by molar-refractivity contribution is -0.124. The van der Waals surface area contributed by atoms with Crippen LogP contribution in [0.1, 0.15) is 13.3 Å². The summed E-state index contributed by atoms with van der Waals surface area (Å²) in [5, 5.41) is 0. The van der Waals surface area contributed by atoms with Crippen LogP contribution < -0.4 is 0 Å². The topological polar surface area (TPSA) is 23.6 Å². The van der Waals surface area contributed by atoms with E-state index < -0.39 is 0 Å². The first-order valence-electron chi connectivity index (χ1n) is 4.90. The largest absolute Gasteiger partial charge is 0.331 e. The van der Waals surface area contributed by atoms with Crippen LogP contribution in [0.15, 0.2) is 0 Å². The monoisotopic (exact) mass is 258 g/mol. The van der Waals surface area contributed by atoms with Gasteiger partial charge in [0.1, 0.15) is 0 Å². The number of hydrogen-bond donors (Lipinski definition) is 0. The van der Waals surface area contributed by atoms with E-state index in [4.69, 9.17) is 0 Å². The average molecular weight is 259 g/mol. The Morgan fingerprint density at radius 3 is 2.79 bits per heavy atom. The Morgan fingerprint density at radius 2 is 2.14 bits per heavy atom. The molecule has 0 aromatic rings. The molecule has 1 saturated heterocycles. The van der Waals surface area contributed by atoms with Crippen LogP contribution in [0.5, 0.6) is 0 Å². The Morgan fingerprint density at radius 1 is 1.36 bits per heavy atom. The molecule has 1 heterocycles. The number of nitrogens with zero attached hydrogens (tertiary/aromatic N) is 2. The molecular weight excluding hydrogens is 244 g/mol. The van der Waals surface area contributed by atoms with Crippen molar-refractivity contribution in [2.24, 2.45) is 0 Å². The van der Waals surface area contributed by atoms with Gasteiger partial charge in [0.25, 0.3) is 5.91 Å². The number of carbonyl (C=O) groups excluding carboxylic acids is 1. The first-order chi connectivity index (χ1) is 6.77. The number of halogens is 1.